The minimum atomic E-state index is -3.90. The molecular formula is C9H8ClN5O4S. The molecule has 0 radical (unpaired) electrons. The summed E-state index contributed by atoms with van der Waals surface area (Å²) in [5, 5.41) is 16.4. The Balaban J connectivity index is 2.23. The van der Waals surface area contributed by atoms with Crippen molar-refractivity contribution in [1.82, 2.24) is 19.9 Å². The lowest BCUT2D eigenvalue weighted by atomic mass is 10.3. The van der Waals surface area contributed by atoms with Gasteiger partial charge in [-0.05, 0) is 6.07 Å². The molecule has 11 heteroatoms. The number of nitro benzene ring substituents is 1. The smallest absolute Gasteiger partial charge is 0.262 e. The molecule has 2 rings (SSSR count). The van der Waals surface area contributed by atoms with Crippen LogP contribution in [0.3, 0.4) is 0 Å². The SMILES string of the molecule is O=[N+]([O-])c1ccc(S(=O)(=O)NCc2ncn[nH]2)c(Cl)c1. The number of H-pyrrole nitrogens is 1. The number of sulfonamides is 1. The van der Waals surface area contributed by atoms with Gasteiger partial charge in [0, 0.05) is 12.1 Å². The Morgan fingerprint density at radius 3 is 2.75 bits per heavy atom. The molecule has 9 nitrogen and oxygen atoms in total. The molecule has 1 aromatic heterocycles. The van der Waals surface area contributed by atoms with E-state index in [4.69, 9.17) is 11.6 Å². The molecule has 0 aliphatic heterocycles. The number of hydrogen-bond donors (Lipinski definition) is 2. The second kappa shape index (κ2) is 5.53. The average Bonchev–Trinajstić information content (AvgIpc) is 2.89. The van der Waals surface area contributed by atoms with Crippen molar-refractivity contribution >= 4 is 27.3 Å². The highest BCUT2D eigenvalue weighted by Crippen LogP contribution is 2.25. The van der Waals surface area contributed by atoms with Gasteiger partial charge in [-0.3, -0.25) is 15.2 Å². The zero-order valence-corrected chi connectivity index (χ0v) is 11.3. The summed E-state index contributed by atoms with van der Waals surface area (Å²) >= 11 is 5.76. The van der Waals surface area contributed by atoms with Gasteiger partial charge in [0.1, 0.15) is 17.0 Å². The van der Waals surface area contributed by atoms with E-state index in [1.54, 1.807) is 0 Å². The standard InChI is InChI=1S/C9H8ClN5O4S/c10-7-3-6(15(16)17)1-2-8(7)20(18,19)13-4-9-11-5-12-14-9/h1-3,5,13H,4H2,(H,11,12,14). The highest BCUT2D eigenvalue weighted by molar-refractivity contribution is 7.89. The van der Waals surface area contributed by atoms with Crippen LogP contribution in [0.2, 0.25) is 5.02 Å². The van der Waals surface area contributed by atoms with Gasteiger partial charge in [0.05, 0.1) is 16.5 Å². The largest absolute Gasteiger partial charge is 0.271 e. The van der Waals surface area contributed by atoms with Crippen molar-refractivity contribution in [3.05, 3.63) is 45.5 Å². The minimum absolute atomic E-state index is 0.102. The third-order valence-corrected chi connectivity index (χ3v) is 4.19. The van der Waals surface area contributed by atoms with E-state index < -0.39 is 14.9 Å². The lowest BCUT2D eigenvalue weighted by molar-refractivity contribution is -0.384. The summed E-state index contributed by atoms with van der Waals surface area (Å²) in [6.45, 7) is -0.102. The molecule has 0 saturated heterocycles. The highest BCUT2D eigenvalue weighted by Gasteiger charge is 2.20. The fourth-order valence-electron chi connectivity index (χ4n) is 1.38. The fraction of sp³-hybridized carbons (Fsp3) is 0.111. The Morgan fingerprint density at radius 2 is 2.20 bits per heavy atom. The number of nitrogens with one attached hydrogen (secondary N) is 2. The van der Waals surface area contributed by atoms with Crippen molar-refractivity contribution in [3.63, 3.8) is 0 Å². The first-order chi connectivity index (χ1) is 9.40. The van der Waals surface area contributed by atoms with Gasteiger partial charge in [-0.25, -0.2) is 18.1 Å². The van der Waals surface area contributed by atoms with Gasteiger partial charge in [0.2, 0.25) is 10.0 Å². The summed E-state index contributed by atoms with van der Waals surface area (Å²) in [5.41, 5.74) is -0.288. The van der Waals surface area contributed by atoms with Gasteiger partial charge in [-0.15, -0.1) is 0 Å². The Bertz CT molecular complexity index is 731. The Hall–Kier alpha value is -2.04. The number of halogens is 1. The molecule has 0 spiro atoms. The summed E-state index contributed by atoms with van der Waals surface area (Å²) in [4.78, 5) is 13.4. The Labute approximate surface area is 118 Å². The van der Waals surface area contributed by atoms with Crippen LogP contribution in [0.1, 0.15) is 5.82 Å². The molecule has 1 aromatic carbocycles. The number of benzene rings is 1. The van der Waals surface area contributed by atoms with Crippen LogP contribution in [-0.2, 0) is 16.6 Å². The van der Waals surface area contributed by atoms with Crippen molar-refractivity contribution in [3.8, 4) is 0 Å². The van der Waals surface area contributed by atoms with Crippen LogP contribution in [0.5, 0.6) is 0 Å². The van der Waals surface area contributed by atoms with Crippen LogP contribution in [0.15, 0.2) is 29.4 Å². The first-order valence-corrected chi connectivity index (χ1v) is 7.04. The number of aromatic nitrogens is 3. The maximum absolute atomic E-state index is 12.0. The molecular weight excluding hydrogens is 310 g/mol. The molecule has 0 bridgehead atoms. The first-order valence-electron chi connectivity index (χ1n) is 5.18. The molecule has 0 aliphatic carbocycles. The summed E-state index contributed by atoms with van der Waals surface area (Å²) < 4.78 is 26.3. The second-order valence-electron chi connectivity index (χ2n) is 3.63. The van der Waals surface area contributed by atoms with E-state index in [-0.39, 0.29) is 22.2 Å². The molecule has 0 atom stereocenters. The highest BCUT2D eigenvalue weighted by atomic mass is 35.5. The van der Waals surface area contributed by atoms with Crippen molar-refractivity contribution in [2.75, 3.05) is 0 Å². The number of hydrogen-bond acceptors (Lipinski definition) is 6. The van der Waals surface area contributed by atoms with Crippen LogP contribution >= 0.6 is 11.6 Å². The molecule has 0 saturated carbocycles. The maximum Gasteiger partial charge on any atom is 0.271 e. The van der Waals surface area contributed by atoms with E-state index in [0.29, 0.717) is 5.82 Å². The van der Waals surface area contributed by atoms with E-state index in [9.17, 15) is 18.5 Å². The van der Waals surface area contributed by atoms with Crippen LogP contribution in [0, 0.1) is 10.1 Å². The van der Waals surface area contributed by atoms with Gasteiger partial charge in [0.25, 0.3) is 5.69 Å². The van der Waals surface area contributed by atoms with Crippen LogP contribution in [-0.4, -0.2) is 28.5 Å². The normalized spacial score (nSPS) is 11.4. The first kappa shape index (κ1) is 14.4. The average molecular weight is 318 g/mol. The summed E-state index contributed by atoms with van der Waals surface area (Å²) in [6.07, 6.45) is 1.24. The molecule has 0 fully saturated rings. The van der Waals surface area contributed by atoms with Crippen molar-refractivity contribution in [2.45, 2.75) is 11.4 Å². The van der Waals surface area contributed by atoms with Gasteiger partial charge in [-0.1, -0.05) is 11.6 Å². The quantitative estimate of drug-likeness (QED) is 0.620. The van der Waals surface area contributed by atoms with E-state index in [2.05, 4.69) is 19.9 Å². The number of nitrogens with zero attached hydrogens (tertiary/aromatic N) is 3. The third-order valence-electron chi connectivity index (χ3n) is 2.31. The number of non-ortho nitro benzene ring substituents is 1. The summed E-state index contributed by atoms with van der Waals surface area (Å²) in [6, 6.07) is 3.11. The number of nitro groups is 1. The lowest BCUT2D eigenvalue weighted by Crippen LogP contribution is -2.24. The van der Waals surface area contributed by atoms with Crippen molar-refractivity contribution < 1.29 is 13.3 Å². The van der Waals surface area contributed by atoms with Gasteiger partial charge in [0.15, 0.2) is 0 Å². The summed E-state index contributed by atoms with van der Waals surface area (Å²) in [5.74, 6) is 0.326. The van der Waals surface area contributed by atoms with Crippen molar-refractivity contribution in [1.29, 1.82) is 0 Å². The minimum Gasteiger partial charge on any atom is -0.262 e. The van der Waals surface area contributed by atoms with Gasteiger partial charge < -0.3 is 0 Å². The fourth-order valence-corrected chi connectivity index (χ4v) is 2.90. The Kier molecular flexibility index (Phi) is 3.97. The van der Waals surface area contributed by atoms with Gasteiger partial charge >= 0.3 is 0 Å². The molecule has 0 aliphatic rings. The van der Waals surface area contributed by atoms with Crippen LogP contribution < -0.4 is 4.72 Å². The predicted molar refractivity (Wildman–Crippen MR) is 68.5 cm³/mol. The van der Waals surface area contributed by atoms with Gasteiger partial charge in [-0.2, -0.15) is 5.10 Å². The molecule has 1 heterocycles. The summed E-state index contributed by atoms with van der Waals surface area (Å²) in [7, 11) is -3.90. The predicted octanol–water partition coefficient (Wildman–Crippen LogP) is 0.845. The number of aromatic amines is 1. The Morgan fingerprint density at radius 1 is 1.45 bits per heavy atom. The monoisotopic (exact) mass is 317 g/mol. The van der Waals surface area contributed by atoms with Crippen molar-refractivity contribution in [2.24, 2.45) is 0 Å². The van der Waals surface area contributed by atoms with E-state index in [0.717, 1.165) is 18.2 Å². The van der Waals surface area contributed by atoms with E-state index in [1.807, 2.05) is 0 Å². The molecule has 106 valence electrons. The number of rotatable bonds is 5. The maximum atomic E-state index is 12.0. The van der Waals surface area contributed by atoms with Crippen LogP contribution in [0.4, 0.5) is 5.69 Å². The van der Waals surface area contributed by atoms with Crippen LogP contribution in [0.25, 0.3) is 0 Å². The van der Waals surface area contributed by atoms with E-state index >= 15 is 0 Å². The molecule has 2 aromatic rings. The lowest BCUT2D eigenvalue weighted by Gasteiger charge is -2.06. The molecule has 0 amide bonds. The topological polar surface area (TPSA) is 131 Å². The molecule has 0 unspecified atom stereocenters. The third kappa shape index (κ3) is 3.10. The molecule has 20 heavy (non-hydrogen) atoms. The zero-order valence-electron chi connectivity index (χ0n) is 9.78. The van der Waals surface area contributed by atoms with E-state index in [1.165, 1.54) is 6.33 Å². The zero-order chi connectivity index (χ0) is 14.8. The molecule has 2 N–H and O–H groups in total. The second-order valence-corrected chi connectivity index (χ2v) is 5.77.